The molecule has 0 rings (SSSR count). The lowest BCUT2D eigenvalue weighted by Gasteiger charge is -2.24. The Balaban J connectivity index is 3.87. The van der Waals surface area contributed by atoms with Crippen molar-refractivity contribution < 1.29 is 23.5 Å². The first-order valence-corrected chi connectivity index (χ1v) is 8.16. The highest BCUT2D eigenvalue weighted by molar-refractivity contribution is 6.67. The first-order valence-electron chi connectivity index (χ1n) is 5.93. The molecule has 0 aromatic carbocycles. The topological polar surface area (TPSA) is 65.0 Å². The van der Waals surface area contributed by atoms with Crippen molar-refractivity contribution in [1.82, 2.24) is 0 Å². The van der Waals surface area contributed by atoms with Crippen LogP contribution in [0.3, 0.4) is 0 Å². The lowest BCUT2D eigenvalue weighted by atomic mass is 10.1. The van der Waals surface area contributed by atoms with Crippen molar-refractivity contribution in [3.63, 3.8) is 0 Å². The Morgan fingerprint density at radius 2 is 1.94 bits per heavy atom. The minimum Gasteiger partial charge on any atom is -0.465 e. The zero-order valence-corrected chi connectivity index (χ0v) is 12.2. The average molecular weight is 264 g/mol. The van der Waals surface area contributed by atoms with Gasteiger partial charge in [0.2, 0.25) is 0 Å². The summed E-state index contributed by atoms with van der Waals surface area (Å²) in [6, 6.07) is 0.615. The van der Waals surface area contributed by atoms with Crippen LogP contribution in [0.2, 0.25) is 6.04 Å². The van der Waals surface area contributed by atoms with Crippen molar-refractivity contribution in [2.45, 2.75) is 32.7 Å². The molecule has 5 nitrogen and oxygen atoms in total. The SMILES string of the molecule is CCC(C)C(=O)OCCC[Si](CO)(OC)OC. The summed E-state index contributed by atoms with van der Waals surface area (Å²) < 4.78 is 15.6. The number of esters is 1. The molecule has 0 fully saturated rings. The van der Waals surface area contributed by atoms with Crippen LogP contribution in [0.5, 0.6) is 0 Å². The minimum atomic E-state index is -2.46. The van der Waals surface area contributed by atoms with Crippen molar-refractivity contribution in [3.8, 4) is 0 Å². The van der Waals surface area contributed by atoms with Gasteiger partial charge in [0.25, 0.3) is 0 Å². The summed E-state index contributed by atoms with van der Waals surface area (Å²) in [4.78, 5) is 11.4. The Morgan fingerprint density at radius 3 is 2.35 bits per heavy atom. The van der Waals surface area contributed by atoms with Crippen LogP contribution in [0.15, 0.2) is 0 Å². The van der Waals surface area contributed by atoms with E-state index >= 15 is 0 Å². The van der Waals surface area contributed by atoms with Gasteiger partial charge in [-0.15, -0.1) is 0 Å². The molecule has 1 atom stereocenters. The van der Waals surface area contributed by atoms with E-state index in [0.29, 0.717) is 19.1 Å². The van der Waals surface area contributed by atoms with E-state index in [9.17, 15) is 9.90 Å². The fourth-order valence-electron chi connectivity index (χ4n) is 1.32. The first-order chi connectivity index (χ1) is 8.05. The lowest BCUT2D eigenvalue weighted by Crippen LogP contribution is -2.44. The Bertz CT molecular complexity index is 210. The largest absolute Gasteiger partial charge is 0.465 e. The normalized spacial score (nSPS) is 13.5. The van der Waals surface area contributed by atoms with E-state index in [-0.39, 0.29) is 18.1 Å². The first kappa shape index (κ1) is 16.6. The zero-order chi connectivity index (χ0) is 13.3. The van der Waals surface area contributed by atoms with E-state index in [1.807, 2.05) is 13.8 Å². The predicted molar refractivity (Wildman–Crippen MR) is 66.7 cm³/mol. The van der Waals surface area contributed by atoms with Gasteiger partial charge in [0, 0.05) is 14.2 Å². The summed E-state index contributed by atoms with van der Waals surface area (Å²) in [6.45, 7) is 4.15. The lowest BCUT2D eigenvalue weighted by molar-refractivity contribution is -0.148. The molecule has 6 heteroatoms. The molecule has 0 aliphatic heterocycles. The molecule has 0 aromatic rings. The number of ether oxygens (including phenoxy) is 1. The maximum atomic E-state index is 11.4. The third kappa shape index (κ3) is 5.63. The van der Waals surface area contributed by atoms with Crippen molar-refractivity contribution in [2.24, 2.45) is 5.92 Å². The molecule has 0 radical (unpaired) electrons. The second kappa shape index (κ2) is 8.63. The van der Waals surface area contributed by atoms with Crippen LogP contribution in [-0.2, 0) is 18.4 Å². The van der Waals surface area contributed by atoms with E-state index in [2.05, 4.69) is 0 Å². The molecule has 1 N–H and O–H groups in total. The number of carbonyl (C=O) groups excluding carboxylic acids is 1. The van der Waals surface area contributed by atoms with Gasteiger partial charge in [-0.25, -0.2) is 0 Å². The average Bonchev–Trinajstić information content (AvgIpc) is 2.38. The van der Waals surface area contributed by atoms with Crippen LogP contribution in [0.1, 0.15) is 26.7 Å². The molecular weight excluding hydrogens is 240 g/mol. The quantitative estimate of drug-likeness (QED) is 0.385. The summed E-state index contributed by atoms with van der Waals surface area (Å²) >= 11 is 0. The van der Waals surface area contributed by atoms with E-state index in [4.69, 9.17) is 13.6 Å². The van der Waals surface area contributed by atoms with E-state index < -0.39 is 8.56 Å². The van der Waals surface area contributed by atoms with Crippen molar-refractivity contribution >= 4 is 14.5 Å². The molecule has 0 spiro atoms. The van der Waals surface area contributed by atoms with Crippen LogP contribution < -0.4 is 0 Å². The molecule has 0 aliphatic carbocycles. The predicted octanol–water partition coefficient (Wildman–Crippen LogP) is 1.23. The highest BCUT2D eigenvalue weighted by atomic mass is 28.4. The van der Waals surface area contributed by atoms with Gasteiger partial charge in [0.1, 0.15) is 0 Å². The molecule has 0 aliphatic rings. The number of aliphatic hydroxyl groups is 1. The summed E-state index contributed by atoms with van der Waals surface area (Å²) in [5.74, 6) is -0.224. The van der Waals surface area contributed by atoms with Gasteiger partial charge in [0.15, 0.2) is 0 Å². The molecular formula is C11H24O5Si. The standard InChI is InChI=1S/C11H24O5Si/c1-5-10(2)11(13)16-7-6-8-17(9-12,14-3)15-4/h10,12H,5-9H2,1-4H3. The molecule has 0 saturated carbocycles. The van der Waals surface area contributed by atoms with Gasteiger partial charge >= 0.3 is 14.5 Å². The highest BCUT2D eigenvalue weighted by Crippen LogP contribution is 2.14. The Kier molecular flexibility index (Phi) is 8.41. The second-order valence-corrected chi connectivity index (χ2v) is 7.51. The molecule has 0 heterocycles. The number of hydrogen-bond acceptors (Lipinski definition) is 5. The van der Waals surface area contributed by atoms with Crippen molar-refractivity contribution in [3.05, 3.63) is 0 Å². The summed E-state index contributed by atoms with van der Waals surface area (Å²) in [5.41, 5.74) is 0. The number of hydrogen-bond donors (Lipinski definition) is 1. The molecule has 0 aromatic heterocycles. The van der Waals surface area contributed by atoms with Gasteiger partial charge in [0.05, 0.1) is 18.8 Å². The minimum absolute atomic E-state index is 0.0558. The van der Waals surface area contributed by atoms with Gasteiger partial charge < -0.3 is 18.7 Å². The van der Waals surface area contributed by atoms with Crippen molar-refractivity contribution in [1.29, 1.82) is 0 Å². The number of carbonyl (C=O) groups is 1. The fourth-order valence-corrected chi connectivity index (χ4v) is 2.99. The Morgan fingerprint density at radius 1 is 1.35 bits per heavy atom. The van der Waals surface area contributed by atoms with E-state index in [1.165, 1.54) is 14.2 Å². The molecule has 0 amide bonds. The molecule has 0 bridgehead atoms. The highest BCUT2D eigenvalue weighted by Gasteiger charge is 2.34. The second-order valence-electron chi connectivity index (χ2n) is 4.06. The van der Waals surface area contributed by atoms with Crippen LogP contribution in [-0.4, -0.2) is 46.7 Å². The Hall–Kier alpha value is -0.433. The van der Waals surface area contributed by atoms with Crippen LogP contribution >= 0.6 is 0 Å². The smallest absolute Gasteiger partial charge is 0.364 e. The summed E-state index contributed by atoms with van der Waals surface area (Å²) in [5, 5.41) is 9.22. The molecule has 0 saturated heterocycles. The summed E-state index contributed by atoms with van der Waals surface area (Å²) in [6.07, 6.45) is 1.35. The van der Waals surface area contributed by atoms with Gasteiger partial charge in [-0.05, 0) is 18.9 Å². The van der Waals surface area contributed by atoms with E-state index in [1.54, 1.807) is 0 Å². The third-order valence-electron chi connectivity index (χ3n) is 2.95. The van der Waals surface area contributed by atoms with Gasteiger partial charge in [-0.3, -0.25) is 4.79 Å². The maximum Gasteiger partial charge on any atom is 0.364 e. The van der Waals surface area contributed by atoms with Crippen LogP contribution in [0.4, 0.5) is 0 Å². The third-order valence-corrected chi connectivity index (χ3v) is 6.03. The Labute approximate surface area is 104 Å². The van der Waals surface area contributed by atoms with Crippen LogP contribution in [0, 0.1) is 5.92 Å². The van der Waals surface area contributed by atoms with Gasteiger partial charge in [-0.1, -0.05) is 13.8 Å². The maximum absolute atomic E-state index is 11.4. The van der Waals surface area contributed by atoms with Crippen LogP contribution in [0.25, 0.3) is 0 Å². The summed E-state index contributed by atoms with van der Waals surface area (Å²) in [7, 11) is 0.617. The monoisotopic (exact) mass is 264 g/mol. The number of rotatable bonds is 9. The van der Waals surface area contributed by atoms with Crippen molar-refractivity contribution in [2.75, 3.05) is 27.1 Å². The molecule has 102 valence electrons. The van der Waals surface area contributed by atoms with E-state index in [0.717, 1.165) is 6.42 Å². The molecule has 17 heavy (non-hydrogen) atoms. The number of aliphatic hydroxyl groups excluding tert-OH is 1. The van der Waals surface area contributed by atoms with Gasteiger partial charge in [-0.2, -0.15) is 0 Å². The molecule has 1 unspecified atom stereocenters. The zero-order valence-electron chi connectivity index (χ0n) is 11.2. The fraction of sp³-hybridized carbons (Fsp3) is 0.909.